The van der Waals surface area contributed by atoms with Crippen LogP contribution in [-0.4, -0.2) is 25.3 Å². The summed E-state index contributed by atoms with van der Waals surface area (Å²) in [6.07, 6.45) is 0.0714. The van der Waals surface area contributed by atoms with Gasteiger partial charge in [0.1, 0.15) is 11.5 Å². The Morgan fingerprint density at radius 3 is 2.33 bits per heavy atom. The van der Waals surface area contributed by atoms with Crippen molar-refractivity contribution in [2.45, 2.75) is 33.1 Å². The molecule has 1 aromatic carbocycles. The number of hydrogen-bond donors (Lipinski definition) is 1. The number of carboxylic acids is 1. The molecule has 4 nitrogen and oxygen atoms in total. The van der Waals surface area contributed by atoms with E-state index in [1.54, 1.807) is 14.2 Å². The summed E-state index contributed by atoms with van der Waals surface area (Å²) in [7, 11) is 3.21. The van der Waals surface area contributed by atoms with Gasteiger partial charge in [0.15, 0.2) is 0 Å². The first-order chi connectivity index (χ1) is 8.42. The first-order valence-electron chi connectivity index (χ1n) is 5.86. The quantitative estimate of drug-likeness (QED) is 0.875. The van der Waals surface area contributed by atoms with Gasteiger partial charge in [0.2, 0.25) is 0 Å². The van der Waals surface area contributed by atoms with E-state index in [0.29, 0.717) is 0 Å². The largest absolute Gasteiger partial charge is 0.496 e. The SMILES string of the molecule is COc1cc(C(C)CC(=O)O)c(OC)c(C)c1C. The molecule has 18 heavy (non-hydrogen) atoms. The summed E-state index contributed by atoms with van der Waals surface area (Å²) >= 11 is 0. The number of carbonyl (C=O) groups is 1. The van der Waals surface area contributed by atoms with E-state index in [-0.39, 0.29) is 12.3 Å². The van der Waals surface area contributed by atoms with E-state index in [9.17, 15) is 4.79 Å². The molecule has 0 aliphatic heterocycles. The van der Waals surface area contributed by atoms with Gasteiger partial charge in [-0.25, -0.2) is 0 Å². The van der Waals surface area contributed by atoms with E-state index >= 15 is 0 Å². The van der Waals surface area contributed by atoms with E-state index < -0.39 is 5.97 Å². The van der Waals surface area contributed by atoms with Gasteiger partial charge < -0.3 is 14.6 Å². The third kappa shape index (κ3) is 2.75. The van der Waals surface area contributed by atoms with Gasteiger partial charge in [-0.1, -0.05) is 6.92 Å². The molecule has 0 heterocycles. The maximum atomic E-state index is 10.8. The van der Waals surface area contributed by atoms with Gasteiger partial charge in [-0.05, 0) is 37.0 Å². The zero-order chi connectivity index (χ0) is 13.9. The highest BCUT2D eigenvalue weighted by molar-refractivity contribution is 5.68. The first kappa shape index (κ1) is 14.4. The molecule has 0 amide bonds. The summed E-state index contributed by atoms with van der Waals surface area (Å²) in [6, 6.07) is 1.87. The number of methoxy groups -OCH3 is 2. The molecule has 1 atom stereocenters. The Hall–Kier alpha value is -1.71. The number of rotatable bonds is 5. The van der Waals surface area contributed by atoms with Crippen LogP contribution < -0.4 is 9.47 Å². The molecule has 1 rings (SSSR count). The summed E-state index contributed by atoms with van der Waals surface area (Å²) in [6.45, 7) is 5.79. The van der Waals surface area contributed by atoms with Gasteiger partial charge in [-0.15, -0.1) is 0 Å². The maximum absolute atomic E-state index is 10.8. The Balaban J connectivity index is 3.32. The lowest BCUT2D eigenvalue weighted by atomic mass is 9.92. The molecule has 0 radical (unpaired) electrons. The summed E-state index contributed by atoms with van der Waals surface area (Å²) in [5, 5.41) is 8.89. The standard InChI is InChI=1S/C14H20O4/c1-8(6-13(15)16)11-7-12(17-4)9(2)10(3)14(11)18-5/h7-8H,6H2,1-5H3,(H,15,16). The summed E-state index contributed by atoms with van der Waals surface area (Å²) < 4.78 is 10.7. The minimum atomic E-state index is -0.818. The van der Waals surface area contributed by atoms with Crippen molar-refractivity contribution in [3.63, 3.8) is 0 Å². The van der Waals surface area contributed by atoms with Crippen LogP contribution in [0.15, 0.2) is 6.07 Å². The molecule has 0 spiro atoms. The molecule has 0 aliphatic rings. The predicted molar refractivity (Wildman–Crippen MR) is 69.7 cm³/mol. The maximum Gasteiger partial charge on any atom is 0.303 e. The molecule has 1 aromatic rings. The Morgan fingerprint density at radius 2 is 1.89 bits per heavy atom. The molecule has 0 saturated heterocycles. The minimum Gasteiger partial charge on any atom is -0.496 e. The Bertz CT molecular complexity index is 452. The van der Waals surface area contributed by atoms with Gasteiger partial charge >= 0.3 is 5.97 Å². The third-order valence-corrected chi connectivity index (χ3v) is 3.26. The molecule has 100 valence electrons. The van der Waals surface area contributed by atoms with Crippen molar-refractivity contribution in [2.24, 2.45) is 0 Å². The Kier molecular flexibility index (Phi) is 4.59. The topological polar surface area (TPSA) is 55.8 Å². The number of carboxylic acid groups (broad SMARTS) is 1. The average Bonchev–Trinajstić information content (AvgIpc) is 2.31. The second-order valence-corrected chi connectivity index (χ2v) is 4.45. The fraction of sp³-hybridized carbons (Fsp3) is 0.500. The van der Waals surface area contributed by atoms with E-state index in [2.05, 4.69) is 0 Å². The molecule has 0 aromatic heterocycles. The van der Waals surface area contributed by atoms with Crippen LogP contribution in [0.4, 0.5) is 0 Å². The predicted octanol–water partition coefficient (Wildman–Crippen LogP) is 2.90. The van der Waals surface area contributed by atoms with E-state index in [0.717, 1.165) is 28.2 Å². The van der Waals surface area contributed by atoms with Crippen molar-refractivity contribution in [3.8, 4) is 11.5 Å². The number of aliphatic carboxylic acids is 1. The van der Waals surface area contributed by atoms with Gasteiger partial charge in [-0.3, -0.25) is 4.79 Å². The van der Waals surface area contributed by atoms with Crippen LogP contribution >= 0.6 is 0 Å². The van der Waals surface area contributed by atoms with Crippen molar-refractivity contribution < 1.29 is 19.4 Å². The van der Waals surface area contributed by atoms with Crippen molar-refractivity contribution in [3.05, 3.63) is 22.8 Å². The summed E-state index contributed by atoms with van der Waals surface area (Å²) in [5.41, 5.74) is 2.88. The number of hydrogen-bond acceptors (Lipinski definition) is 3. The number of ether oxygens (including phenoxy) is 2. The van der Waals surface area contributed by atoms with Crippen LogP contribution in [0.3, 0.4) is 0 Å². The molecule has 1 unspecified atom stereocenters. The lowest BCUT2D eigenvalue weighted by Gasteiger charge is -2.20. The Labute approximate surface area is 108 Å². The second-order valence-electron chi connectivity index (χ2n) is 4.45. The zero-order valence-corrected chi connectivity index (χ0v) is 11.5. The average molecular weight is 252 g/mol. The summed E-state index contributed by atoms with van der Waals surface area (Å²) in [5.74, 6) is 0.579. The molecule has 0 aliphatic carbocycles. The minimum absolute atomic E-state index is 0.0714. The third-order valence-electron chi connectivity index (χ3n) is 3.26. The van der Waals surface area contributed by atoms with Crippen molar-refractivity contribution in [2.75, 3.05) is 14.2 Å². The van der Waals surface area contributed by atoms with Crippen LogP contribution in [0.25, 0.3) is 0 Å². The van der Waals surface area contributed by atoms with Gasteiger partial charge in [0.05, 0.1) is 20.6 Å². The lowest BCUT2D eigenvalue weighted by Crippen LogP contribution is -2.07. The van der Waals surface area contributed by atoms with Crippen molar-refractivity contribution in [1.82, 2.24) is 0 Å². The van der Waals surface area contributed by atoms with Crippen LogP contribution in [0.1, 0.15) is 36.0 Å². The highest BCUT2D eigenvalue weighted by Gasteiger charge is 2.20. The van der Waals surface area contributed by atoms with Crippen molar-refractivity contribution in [1.29, 1.82) is 0 Å². The Morgan fingerprint density at radius 1 is 1.28 bits per heavy atom. The van der Waals surface area contributed by atoms with Crippen molar-refractivity contribution >= 4 is 5.97 Å². The normalized spacial score (nSPS) is 12.1. The van der Waals surface area contributed by atoms with Crippen LogP contribution in [0.2, 0.25) is 0 Å². The van der Waals surface area contributed by atoms with Gasteiger partial charge in [0, 0.05) is 5.56 Å². The van der Waals surface area contributed by atoms with Gasteiger partial charge in [0.25, 0.3) is 0 Å². The molecule has 0 saturated carbocycles. The highest BCUT2D eigenvalue weighted by atomic mass is 16.5. The van der Waals surface area contributed by atoms with E-state index in [1.807, 2.05) is 26.8 Å². The van der Waals surface area contributed by atoms with E-state index in [1.165, 1.54) is 0 Å². The van der Waals surface area contributed by atoms with E-state index in [4.69, 9.17) is 14.6 Å². The van der Waals surface area contributed by atoms with Crippen LogP contribution in [-0.2, 0) is 4.79 Å². The second kappa shape index (κ2) is 5.76. The molecule has 1 N–H and O–H groups in total. The highest BCUT2D eigenvalue weighted by Crippen LogP contribution is 2.38. The fourth-order valence-corrected chi connectivity index (χ4v) is 2.11. The van der Waals surface area contributed by atoms with Crippen LogP contribution in [0, 0.1) is 13.8 Å². The lowest BCUT2D eigenvalue weighted by molar-refractivity contribution is -0.137. The fourth-order valence-electron chi connectivity index (χ4n) is 2.11. The van der Waals surface area contributed by atoms with Gasteiger partial charge in [-0.2, -0.15) is 0 Å². The van der Waals surface area contributed by atoms with Crippen LogP contribution in [0.5, 0.6) is 11.5 Å². The molecular weight excluding hydrogens is 232 g/mol. The first-order valence-corrected chi connectivity index (χ1v) is 5.86. The molecule has 0 fully saturated rings. The summed E-state index contributed by atoms with van der Waals surface area (Å²) in [4.78, 5) is 10.8. The molecule has 4 heteroatoms. The molecular formula is C14H20O4. The zero-order valence-electron chi connectivity index (χ0n) is 11.5. The monoisotopic (exact) mass is 252 g/mol. The number of benzene rings is 1. The molecule has 0 bridgehead atoms. The smallest absolute Gasteiger partial charge is 0.303 e.